The molecule has 1 aromatic carbocycles. The molecule has 0 bridgehead atoms. The lowest BCUT2D eigenvalue weighted by molar-refractivity contribution is -0.194. The van der Waals surface area contributed by atoms with Crippen LogP contribution in [0.5, 0.6) is 0 Å². The summed E-state index contributed by atoms with van der Waals surface area (Å²) in [6, 6.07) is 6.93. The summed E-state index contributed by atoms with van der Waals surface area (Å²) in [5.74, 6) is -2.71. The molecule has 7 nitrogen and oxygen atoms in total. The number of hydrogen-bond acceptors (Lipinski definition) is 7. The standard InChI is InChI=1S/C20H26O7/c1-18(2)19(3,4)27-15(26-18)13-11-9-7-8-10-12(11)14(21)20(13,16(22)24-5)17(23)25-6/h7-10,13-15,21H,1-6H3. The van der Waals surface area contributed by atoms with Crippen molar-refractivity contribution in [1.82, 2.24) is 0 Å². The number of carbonyl (C=O) groups is 2. The molecule has 148 valence electrons. The molecule has 7 heteroatoms. The average molecular weight is 378 g/mol. The average Bonchev–Trinajstić information content (AvgIpc) is 3.01. The molecule has 1 heterocycles. The Morgan fingerprint density at radius 3 is 1.81 bits per heavy atom. The van der Waals surface area contributed by atoms with Gasteiger partial charge in [0.15, 0.2) is 6.29 Å². The molecule has 2 aliphatic rings. The minimum atomic E-state index is -2.02. The van der Waals surface area contributed by atoms with E-state index in [1.54, 1.807) is 24.3 Å². The molecule has 1 N–H and O–H groups in total. The maximum atomic E-state index is 12.9. The Balaban J connectivity index is 2.23. The fraction of sp³-hybridized carbons (Fsp3) is 0.600. The van der Waals surface area contributed by atoms with Crippen LogP contribution in [-0.4, -0.2) is 48.8 Å². The largest absolute Gasteiger partial charge is 0.468 e. The molecule has 0 saturated carbocycles. The number of rotatable bonds is 3. The third kappa shape index (κ3) is 2.52. The highest BCUT2D eigenvalue weighted by Gasteiger charge is 2.70. The SMILES string of the molecule is COC(=O)C1(C(=O)OC)C(O)c2ccccc2C1C1OC(C)(C)C(C)(C)O1. The fourth-order valence-electron chi connectivity index (χ4n) is 3.99. The summed E-state index contributed by atoms with van der Waals surface area (Å²) in [7, 11) is 2.34. The van der Waals surface area contributed by atoms with Gasteiger partial charge in [0.25, 0.3) is 0 Å². The Bertz CT molecular complexity index is 735. The zero-order valence-corrected chi connectivity index (χ0v) is 16.4. The van der Waals surface area contributed by atoms with Gasteiger partial charge in [-0.3, -0.25) is 9.59 Å². The zero-order chi connectivity index (χ0) is 20.2. The van der Waals surface area contributed by atoms with Crippen LogP contribution >= 0.6 is 0 Å². The molecule has 1 aliphatic carbocycles. The summed E-state index contributed by atoms with van der Waals surface area (Å²) in [5, 5.41) is 11.1. The van der Waals surface area contributed by atoms with Crippen molar-refractivity contribution in [1.29, 1.82) is 0 Å². The normalized spacial score (nSPS) is 27.8. The van der Waals surface area contributed by atoms with Crippen LogP contribution in [0.15, 0.2) is 24.3 Å². The van der Waals surface area contributed by atoms with Crippen molar-refractivity contribution in [2.24, 2.45) is 5.41 Å². The van der Waals surface area contributed by atoms with Crippen LogP contribution in [0.1, 0.15) is 50.8 Å². The third-order valence-corrected chi connectivity index (χ3v) is 6.14. The summed E-state index contributed by atoms with van der Waals surface area (Å²) in [4.78, 5) is 25.8. The van der Waals surface area contributed by atoms with Gasteiger partial charge in [-0.25, -0.2) is 0 Å². The molecule has 2 atom stereocenters. The summed E-state index contributed by atoms with van der Waals surface area (Å²) in [5.41, 5.74) is -2.34. The van der Waals surface area contributed by atoms with Gasteiger partial charge >= 0.3 is 11.9 Å². The van der Waals surface area contributed by atoms with E-state index >= 15 is 0 Å². The second kappa shape index (κ2) is 6.29. The van der Waals surface area contributed by atoms with Crippen molar-refractivity contribution in [3.63, 3.8) is 0 Å². The topological polar surface area (TPSA) is 91.3 Å². The Hall–Kier alpha value is -1.96. The highest BCUT2D eigenvalue weighted by molar-refractivity contribution is 6.03. The number of methoxy groups -OCH3 is 2. The van der Waals surface area contributed by atoms with Gasteiger partial charge in [0.05, 0.1) is 31.3 Å². The number of hydrogen-bond donors (Lipinski definition) is 1. The van der Waals surface area contributed by atoms with E-state index in [4.69, 9.17) is 18.9 Å². The lowest BCUT2D eigenvalue weighted by Crippen LogP contribution is -2.50. The molecule has 1 fully saturated rings. The summed E-state index contributed by atoms with van der Waals surface area (Å²) in [6.45, 7) is 7.51. The highest BCUT2D eigenvalue weighted by Crippen LogP contribution is 2.60. The van der Waals surface area contributed by atoms with Crippen LogP contribution in [0.25, 0.3) is 0 Å². The van der Waals surface area contributed by atoms with E-state index in [0.717, 1.165) is 0 Å². The molecule has 0 aromatic heterocycles. The summed E-state index contributed by atoms with van der Waals surface area (Å²) >= 11 is 0. The first kappa shape index (κ1) is 19.8. The van der Waals surface area contributed by atoms with E-state index in [9.17, 15) is 14.7 Å². The number of esters is 2. The van der Waals surface area contributed by atoms with Crippen molar-refractivity contribution >= 4 is 11.9 Å². The Labute approximate surface area is 158 Å². The van der Waals surface area contributed by atoms with E-state index in [2.05, 4.69) is 0 Å². The van der Waals surface area contributed by atoms with Gasteiger partial charge in [0.2, 0.25) is 5.41 Å². The Morgan fingerprint density at radius 1 is 0.926 bits per heavy atom. The number of carbonyl (C=O) groups excluding carboxylic acids is 2. The zero-order valence-electron chi connectivity index (χ0n) is 16.4. The second-order valence-electron chi connectivity index (χ2n) is 7.99. The smallest absolute Gasteiger partial charge is 0.327 e. The van der Waals surface area contributed by atoms with Gasteiger partial charge in [-0.1, -0.05) is 24.3 Å². The fourth-order valence-corrected chi connectivity index (χ4v) is 3.99. The third-order valence-electron chi connectivity index (χ3n) is 6.14. The first-order valence-corrected chi connectivity index (χ1v) is 8.84. The molecule has 2 unspecified atom stereocenters. The number of aliphatic hydroxyl groups is 1. The van der Waals surface area contributed by atoms with Gasteiger partial charge in [0.1, 0.15) is 6.10 Å². The van der Waals surface area contributed by atoms with Crippen molar-refractivity contribution in [2.75, 3.05) is 14.2 Å². The van der Waals surface area contributed by atoms with Crippen LogP contribution < -0.4 is 0 Å². The number of aliphatic hydroxyl groups excluding tert-OH is 1. The van der Waals surface area contributed by atoms with Crippen molar-refractivity contribution < 1.29 is 33.6 Å². The Morgan fingerprint density at radius 2 is 1.37 bits per heavy atom. The first-order valence-electron chi connectivity index (χ1n) is 8.84. The summed E-state index contributed by atoms with van der Waals surface area (Å²) < 4.78 is 22.2. The maximum absolute atomic E-state index is 12.9. The molecular weight excluding hydrogens is 352 g/mol. The van der Waals surface area contributed by atoms with Crippen molar-refractivity contribution in [2.45, 2.75) is 57.2 Å². The van der Waals surface area contributed by atoms with Crippen LogP contribution in [0, 0.1) is 5.41 Å². The molecule has 0 amide bonds. The molecular formula is C20H26O7. The van der Waals surface area contributed by atoms with Gasteiger partial charge < -0.3 is 24.1 Å². The van der Waals surface area contributed by atoms with Crippen LogP contribution in [0.4, 0.5) is 0 Å². The molecule has 0 radical (unpaired) electrons. The molecule has 1 aliphatic heterocycles. The molecule has 27 heavy (non-hydrogen) atoms. The monoisotopic (exact) mass is 378 g/mol. The van der Waals surface area contributed by atoms with E-state index in [1.807, 2.05) is 27.7 Å². The molecule has 1 saturated heterocycles. The van der Waals surface area contributed by atoms with Gasteiger partial charge in [-0.15, -0.1) is 0 Å². The van der Waals surface area contributed by atoms with Gasteiger partial charge in [0, 0.05) is 0 Å². The quantitative estimate of drug-likeness (QED) is 0.636. The van der Waals surface area contributed by atoms with Crippen molar-refractivity contribution in [3.05, 3.63) is 35.4 Å². The Kier molecular flexibility index (Phi) is 4.61. The molecule has 0 spiro atoms. The number of fused-ring (bicyclic) bond motifs is 1. The van der Waals surface area contributed by atoms with Gasteiger partial charge in [-0.05, 0) is 38.8 Å². The minimum absolute atomic E-state index is 0.452. The minimum Gasteiger partial charge on any atom is -0.468 e. The predicted molar refractivity (Wildman–Crippen MR) is 94.7 cm³/mol. The molecule has 1 aromatic rings. The lowest BCUT2D eigenvalue weighted by atomic mass is 9.73. The lowest BCUT2D eigenvalue weighted by Gasteiger charge is -2.35. The van der Waals surface area contributed by atoms with Crippen LogP contribution in [0.2, 0.25) is 0 Å². The van der Waals surface area contributed by atoms with E-state index < -0.39 is 46.9 Å². The molecule has 3 rings (SSSR count). The highest BCUT2D eigenvalue weighted by atomic mass is 16.7. The number of ether oxygens (including phenoxy) is 4. The first-order chi connectivity index (χ1) is 12.5. The predicted octanol–water partition coefficient (Wildman–Crippen LogP) is 2.08. The summed E-state index contributed by atoms with van der Waals surface area (Å²) in [6.07, 6.45) is -2.40. The second-order valence-corrected chi connectivity index (χ2v) is 7.99. The van der Waals surface area contributed by atoms with E-state index in [-0.39, 0.29) is 0 Å². The maximum Gasteiger partial charge on any atom is 0.327 e. The van der Waals surface area contributed by atoms with Crippen LogP contribution in [-0.2, 0) is 28.5 Å². The van der Waals surface area contributed by atoms with E-state index in [1.165, 1.54) is 14.2 Å². The van der Waals surface area contributed by atoms with E-state index in [0.29, 0.717) is 11.1 Å². The van der Waals surface area contributed by atoms with Crippen molar-refractivity contribution in [3.8, 4) is 0 Å². The number of benzene rings is 1. The van der Waals surface area contributed by atoms with Crippen LogP contribution in [0.3, 0.4) is 0 Å². The van der Waals surface area contributed by atoms with Gasteiger partial charge in [-0.2, -0.15) is 0 Å².